The summed E-state index contributed by atoms with van der Waals surface area (Å²) >= 11 is 0. The van der Waals surface area contributed by atoms with E-state index >= 15 is 0 Å². The molecule has 4 heteroatoms. The summed E-state index contributed by atoms with van der Waals surface area (Å²) in [7, 11) is 1.78. The van der Waals surface area contributed by atoms with Crippen molar-refractivity contribution in [2.24, 2.45) is 5.92 Å². The van der Waals surface area contributed by atoms with Crippen molar-refractivity contribution in [3.05, 3.63) is 65.2 Å². The minimum atomic E-state index is 0.475. The number of piperidine rings is 3. The Kier molecular flexibility index (Phi) is 4.58. The normalized spacial score (nSPS) is 31.4. The van der Waals surface area contributed by atoms with Crippen LogP contribution in [-0.4, -0.2) is 48.6 Å². The molecule has 4 saturated heterocycles. The lowest BCUT2D eigenvalue weighted by Crippen LogP contribution is -2.60. The second-order valence-electron chi connectivity index (χ2n) is 8.44. The van der Waals surface area contributed by atoms with Crippen molar-refractivity contribution in [3.8, 4) is 11.8 Å². The van der Waals surface area contributed by atoms with Crippen molar-refractivity contribution in [1.82, 2.24) is 9.80 Å². The summed E-state index contributed by atoms with van der Waals surface area (Å²) in [6.07, 6.45) is 2.63. The van der Waals surface area contributed by atoms with Crippen molar-refractivity contribution < 1.29 is 4.74 Å². The molecule has 0 radical (unpaired) electrons. The molecule has 2 aromatic rings. The Morgan fingerprint density at radius 2 is 1.89 bits per heavy atom. The lowest BCUT2D eigenvalue weighted by Gasteiger charge is -2.51. The van der Waals surface area contributed by atoms with E-state index in [4.69, 9.17) is 4.74 Å². The highest BCUT2D eigenvalue weighted by molar-refractivity contribution is 5.40. The molecule has 2 aromatic carbocycles. The van der Waals surface area contributed by atoms with Crippen molar-refractivity contribution in [3.63, 3.8) is 0 Å². The SMILES string of the molecule is COc1ccccc1[C@@H]1CN(Cc2cccc(C#N)c2)[C@@H]2C3CCN(CC3)[C@@H]21. The number of hydrogen-bond acceptors (Lipinski definition) is 4. The van der Waals surface area contributed by atoms with Crippen LogP contribution in [0, 0.1) is 17.2 Å². The van der Waals surface area contributed by atoms with Gasteiger partial charge in [0.15, 0.2) is 0 Å². The molecule has 0 unspecified atom stereocenters. The Hall–Kier alpha value is -2.35. The van der Waals surface area contributed by atoms with Crippen LogP contribution < -0.4 is 4.74 Å². The van der Waals surface area contributed by atoms with Gasteiger partial charge in [0.1, 0.15) is 5.75 Å². The van der Waals surface area contributed by atoms with Crippen molar-refractivity contribution in [2.45, 2.75) is 37.4 Å². The van der Waals surface area contributed by atoms with E-state index in [1.54, 1.807) is 7.11 Å². The molecule has 4 aliphatic heterocycles. The fraction of sp³-hybridized carbons (Fsp3) is 0.458. The zero-order valence-corrected chi connectivity index (χ0v) is 16.4. The fourth-order valence-corrected chi connectivity index (χ4v) is 5.94. The number of methoxy groups -OCH3 is 1. The molecule has 4 nitrogen and oxygen atoms in total. The lowest BCUT2D eigenvalue weighted by molar-refractivity contribution is -0.00879. The summed E-state index contributed by atoms with van der Waals surface area (Å²) in [4.78, 5) is 5.42. The zero-order valence-electron chi connectivity index (χ0n) is 16.4. The maximum Gasteiger partial charge on any atom is 0.122 e. The summed E-state index contributed by atoms with van der Waals surface area (Å²) in [5.41, 5.74) is 3.35. The number of fused-ring (bicyclic) bond motifs is 2. The number of benzene rings is 2. The fourth-order valence-electron chi connectivity index (χ4n) is 5.94. The first-order chi connectivity index (χ1) is 13.8. The molecule has 0 spiro atoms. The van der Waals surface area contributed by atoms with E-state index in [1.165, 1.54) is 37.1 Å². The van der Waals surface area contributed by atoms with Gasteiger partial charge in [0.25, 0.3) is 0 Å². The number of nitrogens with zero attached hydrogens (tertiary/aromatic N) is 3. The van der Waals surface area contributed by atoms with Gasteiger partial charge < -0.3 is 4.74 Å². The number of likely N-dealkylation sites (tertiary alicyclic amines) is 1. The highest BCUT2D eigenvalue weighted by Crippen LogP contribution is 2.48. The molecule has 0 amide bonds. The van der Waals surface area contributed by atoms with Crippen molar-refractivity contribution >= 4 is 0 Å². The predicted octanol–water partition coefficient (Wildman–Crippen LogP) is 3.63. The molecule has 144 valence electrons. The topological polar surface area (TPSA) is 39.5 Å². The number of nitriles is 1. The zero-order chi connectivity index (χ0) is 19.1. The molecule has 4 heterocycles. The maximum absolute atomic E-state index is 9.26. The largest absolute Gasteiger partial charge is 0.496 e. The van der Waals surface area contributed by atoms with E-state index < -0.39 is 0 Å². The first-order valence-corrected chi connectivity index (χ1v) is 10.4. The Bertz CT molecular complexity index is 897. The minimum absolute atomic E-state index is 0.475. The van der Waals surface area contributed by atoms with Crippen LogP contribution in [0.1, 0.15) is 35.4 Å². The van der Waals surface area contributed by atoms with Gasteiger partial charge in [0.2, 0.25) is 0 Å². The minimum Gasteiger partial charge on any atom is -0.496 e. The Morgan fingerprint density at radius 3 is 2.68 bits per heavy atom. The van der Waals surface area contributed by atoms with Crippen molar-refractivity contribution in [1.29, 1.82) is 5.26 Å². The first kappa shape index (κ1) is 17.7. The van der Waals surface area contributed by atoms with Gasteiger partial charge in [-0.2, -0.15) is 5.26 Å². The molecular weight excluding hydrogens is 346 g/mol. The van der Waals surface area contributed by atoms with Crippen LogP contribution in [0.15, 0.2) is 48.5 Å². The smallest absolute Gasteiger partial charge is 0.122 e. The van der Waals surface area contributed by atoms with E-state index in [2.05, 4.69) is 46.2 Å². The standard InChI is InChI=1S/C24H27N3O/c1-28-22-8-3-2-7-20(22)21-16-27(15-18-6-4-5-17(13-18)14-25)23-19-9-11-26(12-10-19)24(21)23/h2-8,13,19,21,23-24H,9-12,15-16H2,1H3/t21-,23+,24+/m0/s1. The molecule has 3 atom stereocenters. The van der Waals surface area contributed by atoms with Gasteiger partial charge in [0.05, 0.1) is 18.7 Å². The molecule has 28 heavy (non-hydrogen) atoms. The van der Waals surface area contributed by atoms with Crippen LogP contribution in [0.4, 0.5) is 0 Å². The maximum atomic E-state index is 9.26. The summed E-state index contributed by atoms with van der Waals surface area (Å²) in [5.74, 6) is 2.28. The van der Waals surface area contributed by atoms with E-state index in [1.807, 2.05) is 18.2 Å². The van der Waals surface area contributed by atoms with Gasteiger partial charge in [-0.1, -0.05) is 30.3 Å². The third-order valence-corrected chi connectivity index (χ3v) is 7.07. The highest BCUT2D eigenvalue weighted by atomic mass is 16.5. The van der Waals surface area contributed by atoms with E-state index in [0.717, 1.165) is 30.3 Å². The number of hydrogen-bond donors (Lipinski definition) is 0. The quantitative estimate of drug-likeness (QED) is 0.820. The van der Waals surface area contributed by atoms with Crippen LogP contribution in [0.3, 0.4) is 0 Å². The van der Waals surface area contributed by atoms with Crippen LogP contribution in [0.5, 0.6) is 5.75 Å². The third kappa shape index (κ3) is 2.90. The van der Waals surface area contributed by atoms with Gasteiger partial charge >= 0.3 is 0 Å². The molecule has 0 N–H and O–H groups in total. The van der Waals surface area contributed by atoms with Crippen LogP contribution in [0.25, 0.3) is 0 Å². The molecule has 6 rings (SSSR count). The molecular formula is C24H27N3O. The molecule has 2 bridgehead atoms. The van der Waals surface area contributed by atoms with Gasteiger partial charge in [-0.25, -0.2) is 0 Å². The first-order valence-electron chi connectivity index (χ1n) is 10.4. The summed E-state index contributed by atoms with van der Waals surface area (Å²) in [6, 6.07) is 20.1. The molecule has 4 fully saturated rings. The number of ether oxygens (including phenoxy) is 1. The van der Waals surface area contributed by atoms with Crippen LogP contribution in [0.2, 0.25) is 0 Å². The van der Waals surface area contributed by atoms with Crippen LogP contribution in [-0.2, 0) is 6.54 Å². The summed E-state index contributed by atoms with van der Waals surface area (Å²) < 4.78 is 5.73. The number of rotatable bonds is 4. The van der Waals surface area contributed by atoms with Gasteiger partial charge in [-0.3, -0.25) is 9.80 Å². The molecule has 0 aliphatic carbocycles. The third-order valence-electron chi connectivity index (χ3n) is 7.07. The highest BCUT2D eigenvalue weighted by Gasteiger charge is 2.53. The Balaban J connectivity index is 1.49. The second-order valence-corrected chi connectivity index (χ2v) is 8.44. The molecule has 4 aliphatic rings. The Morgan fingerprint density at radius 1 is 1.07 bits per heavy atom. The van der Waals surface area contributed by atoms with Gasteiger partial charge in [-0.15, -0.1) is 0 Å². The van der Waals surface area contributed by atoms with Gasteiger partial charge in [0, 0.05) is 36.7 Å². The molecule has 0 saturated carbocycles. The molecule has 0 aromatic heterocycles. The monoisotopic (exact) mass is 373 g/mol. The van der Waals surface area contributed by atoms with E-state index in [0.29, 0.717) is 18.0 Å². The van der Waals surface area contributed by atoms with E-state index in [-0.39, 0.29) is 0 Å². The van der Waals surface area contributed by atoms with Gasteiger partial charge in [-0.05, 0) is 55.6 Å². The summed E-state index contributed by atoms with van der Waals surface area (Å²) in [5, 5.41) is 9.26. The Labute approximate surface area is 167 Å². The lowest BCUT2D eigenvalue weighted by atomic mass is 9.75. The van der Waals surface area contributed by atoms with Crippen LogP contribution >= 0.6 is 0 Å². The van der Waals surface area contributed by atoms with Crippen molar-refractivity contribution in [2.75, 3.05) is 26.7 Å². The average Bonchev–Trinajstić information content (AvgIpc) is 3.16. The number of para-hydroxylation sites is 1. The summed E-state index contributed by atoms with van der Waals surface area (Å²) in [6.45, 7) is 4.44. The van der Waals surface area contributed by atoms with E-state index in [9.17, 15) is 5.26 Å². The predicted molar refractivity (Wildman–Crippen MR) is 109 cm³/mol. The second kappa shape index (κ2) is 7.24. The average molecular weight is 374 g/mol.